The van der Waals surface area contributed by atoms with E-state index in [2.05, 4.69) is 16.7 Å². The number of anilines is 1. The molecule has 0 aliphatic carbocycles. The Morgan fingerprint density at radius 1 is 1.26 bits per heavy atom. The van der Waals surface area contributed by atoms with E-state index >= 15 is 0 Å². The minimum atomic E-state index is -4.65. The van der Waals surface area contributed by atoms with Crippen molar-refractivity contribution < 1.29 is 22.8 Å². The number of hydrogen-bond donors (Lipinski definition) is 2. The minimum Gasteiger partial charge on any atom is -0.325 e. The largest absolute Gasteiger partial charge is 0.417 e. The van der Waals surface area contributed by atoms with Crippen molar-refractivity contribution in [2.45, 2.75) is 18.5 Å². The van der Waals surface area contributed by atoms with E-state index in [0.717, 1.165) is 29.5 Å². The van der Waals surface area contributed by atoms with Gasteiger partial charge in [0, 0.05) is 18.0 Å². The second-order valence-corrected chi connectivity index (χ2v) is 7.99. The van der Waals surface area contributed by atoms with E-state index in [1.54, 1.807) is 12.1 Å². The van der Waals surface area contributed by atoms with E-state index in [9.17, 15) is 28.0 Å². The molecule has 160 valence electrons. The smallest absolute Gasteiger partial charge is 0.325 e. The van der Waals surface area contributed by atoms with Crippen LogP contribution in [0.5, 0.6) is 0 Å². The molecule has 2 N–H and O–H groups in total. The molecule has 1 aliphatic heterocycles. The number of alkyl halides is 3. The van der Waals surface area contributed by atoms with Crippen molar-refractivity contribution in [2.75, 3.05) is 11.1 Å². The highest BCUT2D eigenvalue weighted by molar-refractivity contribution is 8.03. The Kier molecular flexibility index (Phi) is 6.93. The van der Waals surface area contributed by atoms with Crippen LogP contribution in [-0.2, 0) is 15.8 Å². The van der Waals surface area contributed by atoms with Crippen molar-refractivity contribution >= 4 is 40.9 Å². The monoisotopic (exact) mass is 465 g/mol. The zero-order valence-electron chi connectivity index (χ0n) is 15.8. The zero-order chi connectivity index (χ0) is 22.6. The Labute approximate surface area is 185 Å². The molecule has 0 aromatic heterocycles. The summed E-state index contributed by atoms with van der Waals surface area (Å²) in [6, 6.07) is 14.2. The molecule has 0 spiro atoms. The molecule has 10 heteroatoms. The number of halogens is 4. The number of benzene rings is 2. The predicted octanol–water partition coefficient (Wildman–Crippen LogP) is 5.07. The highest BCUT2D eigenvalue weighted by Crippen LogP contribution is 2.37. The van der Waals surface area contributed by atoms with Gasteiger partial charge in [-0.25, -0.2) is 0 Å². The third-order valence-corrected chi connectivity index (χ3v) is 5.81. The normalized spacial score (nSPS) is 16.5. The van der Waals surface area contributed by atoms with Crippen LogP contribution in [0.1, 0.15) is 23.5 Å². The van der Waals surface area contributed by atoms with Gasteiger partial charge in [0.1, 0.15) is 0 Å². The van der Waals surface area contributed by atoms with Crippen LogP contribution in [0.15, 0.2) is 59.1 Å². The lowest BCUT2D eigenvalue weighted by Crippen LogP contribution is -2.31. The van der Waals surface area contributed by atoms with Crippen LogP contribution in [0.4, 0.5) is 18.9 Å². The highest BCUT2D eigenvalue weighted by atomic mass is 35.5. The average Bonchev–Trinajstić information content (AvgIpc) is 2.73. The summed E-state index contributed by atoms with van der Waals surface area (Å²) in [5, 5.41) is 14.4. The summed E-state index contributed by atoms with van der Waals surface area (Å²) in [5.41, 5.74) is 0.0118. The number of hydrogen-bond acceptors (Lipinski definition) is 4. The van der Waals surface area contributed by atoms with Crippen LogP contribution < -0.4 is 10.6 Å². The van der Waals surface area contributed by atoms with Gasteiger partial charge in [-0.1, -0.05) is 53.7 Å². The third kappa shape index (κ3) is 5.60. The van der Waals surface area contributed by atoms with Gasteiger partial charge < -0.3 is 10.6 Å². The lowest BCUT2D eigenvalue weighted by atomic mass is 9.87. The first-order valence-electron chi connectivity index (χ1n) is 8.97. The standard InChI is InChI=1S/C21H15ClF3N3O2S/c22-17-7-6-13(8-16(17)21(23,24)25)27-19(30)11-31-20-15(10-26)14(9-18(29)28-20)12-4-2-1-3-5-12/h1-8,14H,9,11H2,(H,27,30)(H,28,29)/t14-/m1/s1. The van der Waals surface area contributed by atoms with Gasteiger partial charge >= 0.3 is 6.18 Å². The zero-order valence-corrected chi connectivity index (χ0v) is 17.4. The summed E-state index contributed by atoms with van der Waals surface area (Å²) in [4.78, 5) is 24.4. The fraction of sp³-hybridized carbons (Fsp3) is 0.190. The first-order valence-corrected chi connectivity index (χ1v) is 10.3. The quantitative estimate of drug-likeness (QED) is 0.646. The van der Waals surface area contributed by atoms with Gasteiger partial charge in [0.2, 0.25) is 11.8 Å². The maximum Gasteiger partial charge on any atom is 0.417 e. The molecular formula is C21H15ClF3N3O2S. The van der Waals surface area contributed by atoms with E-state index in [1.165, 1.54) is 6.07 Å². The minimum absolute atomic E-state index is 0.0633. The van der Waals surface area contributed by atoms with Crippen molar-refractivity contribution in [2.24, 2.45) is 0 Å². The number of nitrogens with zero attached hydrogens (tertiary/aromatic N) is 1. The molecule has 0 bridgehead atoms. The number of carbonyl (C=O) groups excluding carboxylic acids is 2. The number of carbonyl (C=O) groups is 2. The van der Waals surface area contributed by atoms with Crippen LogP contribution in [0.2, 0.25) is 5.02 Å². The number of nitrogens with one attached hydrogen (secondary N) is 2. The summed E-state index contributed by atoms with van der Waals surface area (Å²) >= 11 is 6.51. The van der Waals surface area contributed by atoms with Crippen molar-refractivity contribution in [1.82, 2.24) is 5.32 Å². The SMILES string of the molecule is N#CC1=C(SCC(=O)Nc2ccc(Cl)c(C(F)(F)F)c2)NC(=O)C[C@@H]1c1ccccc1. The molecule has 5 nitrogen and oxygen atoms in total. The van der Waals surface area contributed by atoms with Gasteiger partial charge in [0.25, 0.3) is 0 Å². The molecule has 1 aliphatic rings. The topological polar surface area (TPSA) is 82.0 Å². The van der Waals surface area contributed by atoms with Crippen LogP contribution >= 0.6 is 23.4 Å². The highest BCUT2D eigenvalue weighted by Gasteiger charge is 2.33. The van der Waals surface area contributed by atoms with Gasteiger partial charge in [0.05, 0.1) is 33.0 Å². The number of nitriles is 1. The summed E-state index contributed by atoms with van der Waals surface area (Å²) in [5.74, 6) is -1.53. The molecule has 1 heterocycles. The Balaban J connectivity index is 1.74. The maximum absolute atomic E-state index is 13.0. The molecule has 2 amide bonds. The molecule has 3 rings (SSSR count). The first-order chi connectivity index (χ1) is 14.7. The molecule has 31 heavy (non-hydrogen) atoms. The summed E-state index contributed by atoms with van der Waals surface area (Å²) in [6.45, 7) is 0. The fourth-order valence-electron chi connectivity index (χ4n) is 3.06. The molecule has 0 fully saturated rings. The van der Waals surface area contributed by atoms with E-state index in [4.69, 9.17) is 11.6 Å². The molecule has 2 aromatic carbocycles. The number of thioether (sulfide) groups is 1. The maximum atomic E-state index is 13.0. The lowest BCUT2D eigenvalue weighted by molar-refractivity contribution is -0.137. The molecule has 2 aromatic rings. The van der Waals surface area contributed by atoms with Crippen LogP contribution in [0.25, 0.3) is 0 Å². The van der Waals surface area contributed by atoms with Gasteiger partial charge in [-0.05, 0) is 23.8 Å². The van der Waals surface area contributed by atoms with E-state index in [1.807, 2.05) is 18.2 Å². The van der Waals surface area contributed by atoms with Crippen molar-refractivity contribution in [3.05, 3.63) is 75.3 Å². The molecule has 1 atom stereocenters. The van der Waals surface area contributed by atoms with Crippen LogP contribution in [0.3, 0.4) is 0 Å². The third-order valence-electron chi connectivity index (χ3n) is 4.46. The first kappa shape index (κ1) is 22.7. The molecule has 0 unspecified atom stereocenters. The Morgan fingerprint density at radius 2 is 1.97 bits per heavy atom. The Morgan fingerprint density at radius 3 is 2.61 bits per heavy atom. The second-order valence-electron chi connectivity index (χ2n) is 6.60. The van der Waals surface area contributed by atoms with Crippen molar-refractivity contribution in [3.63, 3.8) is 0 Å². The fourth-order valence-corrected chi connectivity index (χ4v) is 4.16. The van der Waals surface area contributed by atoms with E-state index < -0.39 is 28.6 Å². The van der Waals surface area contributed by atoms with Gasteiger partial charge in [-0.2, -0.15) is 18.4 Å². The molecular weight excluding hydrogens is 451 g/mol. The van der Waals surface area contributed by atoms with Crippen LogP contribution in [-0.4, -0.2) is 17.6 Å². The van der Waals surface area contributed by atoms with Gasteiger partial charge in [-0.15, -0.1) is 0 Å². The average molecular weight is 466 g/mol. The number of amides is 2. The Hall–Kier alpha value is -2.96. The van der Waals surface area contributed by atoms with Crippen LogP contribution in [0, 0.1) is 11.3 Å². The lowest BCUT2D eigenvalue weighted by Gasteiger charge is -2.25. The summed E-state index contributed by atoms with van der Waals surface area (Å²) < 4.78 is 38.9. The van der Waals surface area contributed by atoms with Crippen molar-refractivity contribution in [3.8, 4) is 6.07 Å². The predicted molar refractivity (Wildman–Crippen MR) is 112 cm³/mol. The van der Waals surface area contributed by atoms with E-state index in [0.29, 0.717) is 5.57 Å². The molecule has 0 radical (unpaired) electrons. The summed E-state index contributed by atoms with van der Waals surface area (Å²) in [7, 11) is 0. The number of allylic oxidation sites excluding steroid dienone is 1. The van der Waals surface area contributed by atoms with Gasteiger partial charge in [0.15, 0.2) is 0 Å². The Bertz CT molecular complexity index is 1080. The molecule has 0 saturated heterocycles. The van der Waals surface area contributed by atoms with E-state index in [-0.39, 0.29) is 28.8 Å². The van der Waals surface area contributed by atoms with Gasteiger partial charge in [-0.3, -0.25) is 9.59 Å². The van der Waals surface area contributed by atoms with Crippen molar-refractivity contribution in [1.29, 1.82) is 5.26 Å². The second kappa shape index (κ2) is 9.45. The summed E-state index contributed by atoms with van der Waals surface area (Å²) in [6.07, 6.45) is -4.55. The number of rotatable bonds is 5. The molecule has 0 saturated carbocycles.